The lowest BCUT2D eigenvalue weighted by Gasteiger charge is -2.31. The van der Waals surface area contributed by atoms with Crippen LogP contribution < -0.4 is 0 Å². The maximum Gasteiger partial charge on any atom is 0.170 e. The molecule has 0 amide bonds. The Balaban J connectivity index is 2.22. The van der Waals surface area contributed by atoms with Gasteiger partial charge in [-0.25, -0.2) is 4.39 Å². The molecule has 0 heterocycles. The molecule has 1 aliphatic rings. The van der Waals surface area contributed by atoms with Crippen LogP contribution in [0.5, 0.6) is 0 Å². The van der Waals surface area contributed by atoms with Crippen molar-refractivity contribution < 1.29 is 9.18 Å². The van der Waals surface area contributed by atoms with Gasteiger partial charge in [-0.1, -0.05) is 31.5 Å². The number of rotatable bonds is 2. The molecule has 3 atom stereocenters. The predicted octanol–water partition coefficient (Wildman–Crippen LogP) is 4.73. The van der Waals surface area contributed by atoms with Gasteiger partial charge in [0, 0.05) is 5.92 Å². The van der Waals surface area contributed by atoms with Crippen LogP contribution in [0.3, 0.4) is 0 Å². The molecule has 98 valence electrons. The van der Waals surface area contributed by atoms with E-state index in [0.717, 1.165) is 19.3 Å². The second-order valence-electron chi connectivity index (χ2n) is 5.43. The minimum atomic E-state index is -0.501. The highest BCUT2D eigenvalue weighted by Gasteiger charge is 2.31. The van der Waals surface area contributed by atoms with Gasteiger partial charge in [0.1, 0.15) is 5.82 Å². The average molecular weight is 269 g/mol. The van der Waals surface area contributed by atoms with Gasteiger partial charge in [-0.2, -0.15) is 0 Å². The highest BCUT2D eigenvalue weighted by molar-refractivity contribution is 6.34. The maximum atomic E-state index is 13.7. The first-order valence-corrected chi connectivity index (χ1v) is 6.86. The van der Waals surface area contributed by atoms with Crippen molar-refractivity contribution >= 4 is 17.4 Å². The van der Waals surface area contributed by atoms with Crippen LogP contribution in [0.2, 0.25) is 5.02 Å². The maximum absolute atomic E-state index is 13.7. The van der Waals surface area contributed by atoms with E-state index in [-0.39, 0.29) is 22.3 Å². The largest absolute Gasteiger partial charge is 0.294 e. The predicted molar refractivity (Wildman–Crippen MR) is 71.4 cm³/mol. The fraction of sp³-hybridized carbons (Fsp3) is 0.533. The summed E-state index contributed by atoms with van der Waals surface area (Å²) in [5, 5.41) is 0.228. The average Bonchev–Trinajstić information content (AvgIpc) is 2.32. The number of halogens is 2. The van der Waals surface area contributed by atoms with Crippen molar-refractivity contribution in [2.45, 2.75) is 33.1 Å². The summed E-state index contributed by atoms with van der Waals surface area (Å²) in [4.78, 5) is 12.4. The smallest absolute Gasteiger partial charge is 0.170 e. The van der Waals surface area contributed by atoms with Gasteiger partial charge >= 0.3 is 0 Å². The van der Waals surface area contributed by atoms with Gasteiger partial charge in [0.15, 0.2) is 5.78 Å². The van der Waals surface area contributed by atoms with Crippen molar-refractivity contribution in [2.24, 2.45) is 17.8 Å². The van der Waals surface area contributed by atoms with E-state index < -0.39 is 5.82 Å². The molecule has 3 heteroatoms. The number of Topliss-reactive ketones (excluding diaryl/α,β-unsaturated/α-hetero) is 1. The van der Waals surface area contributed by atoms with Crippen LogP contribution in [-0.4, -0.2) is 5.78 Å². The lowest BCUT2D eigenvalue weighted by molar-refractivity contribution is 0.0833. The van der Waals surface area contributed by atoms with E-state index in [1.54, 1.807) is 6.07 Å². The molecule has 0 radical (unpaired) electrons. The van der Waals surface area contributed by atoms with E-state index in [2.05, 4.69) is 13.8 Å². The fourth-order valence-corrected chi connectivity index (χ4v) is 2.98. The van der Waals surface area contributed by atoms with Gasteiger partial charge in [-0.15, -0.1) is 0 Å². The van der Waals surface area contributed by atoms with Crippen LogP contribution in [0.25, 0.3) is 0 Å². The van der Waals surface area contributed by atoms with Gasteiger partial charge < -0.3 is 0 Å². The second-order valence-corrected chi connectivity index (χ2v) is 5.83. The van der Waals surface area contributed by atoms with Crippen molar-refractivity contribution in [2.75, 3.05) is 0 Å². The summed E-state index contributed by atoms with van der Waals surface area (Å²) in [6.07, 6.45) is 2.71. The normalized spacial score (nSPS) is 28.1. The molecule has 18 heavy (non-hydrogen) atoms. The Morgan fingerprint density at radius 3 is 2.61 bits per heavy atom. The molecule has 1 aliphatic carbocycles. The van der Waals surface area contributed by atoms with Crippen molar-refractivity contribution in [1.29, 1.82) is 0 Å². The molecule has 0 aliphatic heterocycles. The molecule has 1 nitrogen and oxygen atoms in total. The number of ketones is 1. The monoisotopic (exact) mass is 268 g/mol. The van der Waals surface area contributed by atoms with Crippen LogP contribution in [0.15, 0.2) is 18.2 Å². The van der Waals surface area contributed by atoms with E-state index in [4.69, 9.17) is 11.6 Å². The standard InChI is InChI=1S/C15H18ClFO/c1-9-6-7-11(8-10(9)2)15(18)14-12(16)4-3-5-13(14)17/h3-5,9-11H,6-8H2,1-2H3. The summed E-state index contributed by atoms with van der Waals surface area (Å²) in [5.41, 5.74) is 0.0749. The minimum Gasteiger partial charge on any atom is -0.294 e. The summed E-state index contributed by atoms with van der Waals surface area (Å²) in [6, 6.07) is 4.40. The van der Waals surface area contributed by atoms with Gasteiger partial charge in [0.25, 0.3) is 0 Å². The van der Waals surface area contributed by atoms with Crippen LogP contribution in [0.4, 0.5) is 4.39 Å². The summed E-state index contributed by atoms with van der Waals surface area (Å²) in [5.74, 6) is 0.449. The van der Waals surface area contributed by atoms with E-state index in [0.29, 0.717) is 11.8 Å². The van der Waals surface area contributed by atoms with Crippen molar-refractivity contribution in [3.63, 3.8) is 0 Å². The molecule has 1 fully saturated rings. The zero-order chi connectivity index (χ0) is 13.3. The molecule has 1 saturated carbocycles. The highest BCUT2D eigenvalue weighted by atomic mass is 35.5. The third kappa shape index (κ3) is 2.59. The Morgan fingerprint density at radius 2 is 2.00 bits per heavy atom. The van der Waals surface area contributed by atoms with Gasteiger partial charge in [0.05, 0.1) is 10.6 Å². The Hall–Kier alpha value is -0.890. The fourth-order valence-electron chi connectivity index (χ4n) is 2.72. The first-order valence-electron chi connectivity index (χ1n) is 6.49. The summed E-state index contributed by atoms with van der Waals surface area (Å²) in [7, 11) is 0. The van der Waals surface area contributed by atoms with E-state index in [1.807, 2.05) is 0 Å². The first kappa shape index (κ1) is 13.5. The van der Waals surface area contributed by atoms with Crippen molar-refractivity contribution in [1.82, 2.24) is 0 Å². The summed E-state index contributed by atoms with van der Waals surface area (Å²) < 4.78 is 13.7. The van der Waals surface area contributed by atoms with Crippen LogP contribution in [0, 0.1) is 23.6 Å². The zero-order valence-corrected chi connectivity index (χ0v) is 11.5. The highest BCUT2D eigenvalue weighted by Crippen LogP contribution is 2.36. The van der Waals surface area contributed by atoms with Crippen molar-refractivity contribution in [3.05, 3.63) is 34.6 Å². The Labute approximate surface area is 112 Å². The Morgan fingerprint density at radius 1 is 1.28 bits per heavy atom. The topological polar surface area (TPSA) is 17.1 Å². The quantitative estimate of drug-likeness (QED) is 0.709. The number of hydrogen-bond acceptors (Lipinski definition) is 1. The molecule has 1 aromatic carbocycles. The molecule has 3 unspecified atom stereocenters. The summed E-state index contributed by atoms with van der Waals surface area (Å²) in [6.45, 7) is 4.37. The molecule has 0 N–H and O–H groups in total. The van der Waals surface area contributed by atoms with Gasteiger partial charge in [0.2, 0.25) is 0 Å². The van der Waals surface area contributed by atoms with E-state index in [1.165, 1.54) is 12.1 Å². The molecular formula is C15H18ClFO. The van der Waals surface area contributed by atoms with Crippen molar-refractivity contribution in [3.8, 4) is 0 Å². The Bertz CT molecular complexity index is 438. The molecule has 0 aromatic heterocycles. The minimum absolute atomic E-state index is 0.0749. The molecule has 0 saturated heterocycles. The molecule has 0 bridgehead atoms. The summed E-state index contributed by atoms with van der Waals surface area (Å²) >= 11 is 5.95. The molecular weight excluding hydrogens is 251 g/mol. The number of carbonyl (C=O) groups is 1. The van der Waals surface area contributed by atoms with E-state index in [9.17, 15) is 9.18 Å². The van der Waals surface area contributed by atoms with Crippen LogP contribution >= 0.6 is 11.6 Å². The van der Waals surface area contributed by atoms with Crippen LogP contribution in [0.1, 0.15) is 43.5 Å². The lowest BCUT2D eigenvalue weighted by Crippen LogP contribution is -2.27. The third-order valence-electron chi connectivity index (χ3n) is 4.18. The zero-order valence-electron chi connectivity index (χ0n) is 10.7. The Kier molecular flexibility index (Phi) is 4.06. The molecule has 1 aromatic rings. The first-order chi connectivity index (χ1) is 8.50. The SMILES string of the molecule is CC1CCC(C(=O)c2c(F)cccc2Cl)CC1C. The number of carbonyl (C=O) groups excluding carboxylic acids is 1. The number of benzene rings is 1. The third-order valence-corrected chi connectivity index (χ3v) is 4.49. The lowest BCUT2D eigenvalue weighted by atomic mass is 9.73. The van der Waals surface area contributed by atoms with Gasteiger partial charge in [-0.05, 0) is 43.2 Å². The van der Waals surface area contributed by atoms with Crippen LogP contribution in [-0.2, 0) is 0 Å². The molecule has 2 rings (SSSR count). The van der Waals surface area contributed by atoms with Gasteiger partial charge in [-0.3, -0.25) is 4.79 Å². The number of hydrogen-bond donors (Lipinski definition) is 0. The van der Waals surface area contributed by atoms with E-state index >= 15 is 0 Å². The molecule has 0 spiro atoms. The second kappa shape index (κ2) is 5.40.